The monoisotopic (exact) mass is 343 g/mol. The Morgan fingerprint density at radius 3 is 2.72 bits per heavy atom. The van der Waals surface area contributed by atoms with Gasteiger partial charge in [0.15, 0.2) is 18.1 Å². The highest BCUT2D eigenvalue weighted by Gasteiger charge is 2.08. The van der Waals surface area contributed by atoms with E-state index in [0.29, 0.717) is 23.7 Å². The molecule has 0 atom stereocenters. The van der Waals surface area contributed by atoms with Crippen molar-refractivity contribution in [1.29, 1.82) is 0 Å². The minimum Gasteiger partial charge on any atom is -0.493 e. The molecule has 25 heavy (non-hydrogen) atoms. The molecule has 1 amide bonds. The van der Waals surface area contributed by atoms with E-state index >= 15 is 0 Å². The molecular weight excluding hydrogens is 322 g/mol. The van der Waals surface area contributed by atoms with E-state index in [1.807, 2.05) is 18.2 Å². The highest BCUT2D eigenvalue weighted by Crippen LogP contribution is 2.27. The molecule has 0 aromatic heterocycles. The van der Waals surface area contributed by atoms with E-state index in [1.165, 1.54) is 7.11 Å². The van der Waals surface area contributed by atoms with Crippen molar-refractivity contribution in [1.82, 2.24) is 5.43 Å². The zero-order valence-electron chi connectivity index (χ0n) is 13.9. The first-order valence-electron chi connectivity index (χ1n) is 7.75. The van der Waals surface area contributed by atoms with Crippen molar-refractivity contribution in [3.05, 3.63) is 54.1 Å². The van der Waals surface area contributed by atoms with Gasteiger partial charge in [-0.2, -0.15) is 5.10 Å². The number of hydrazone groups is 1. The number of carbonyl (C=O) groups is 1. The van der Waals surface area contributed by atoms with Gasteiger partial charge in [-0.05, 0) is 35.9 Å². The lowest BCUT2D eigenvalue weighted by Crippen LogP contribution is -2.20. The minimum absolute atomic E-state index is 0.0124. The van der Waals surface area contributed by atoms with Gasteiger partial charge in [-0.1, -0.05) is 18.2 Å². The van der Waals surface area contributed by atoms with E-state index in [0.717, 1.165) is 5.56 Å². The van der Waals surface area contributed by atoms with Crippen LogP contribution >= 0.6 is 0 Å². The van der Waals surface area contributed by atoms with Crippen LogP contribution in [0.4, 0.5) is 5.69 Å². The first kappa shape index (κ1) is 18.3. The number of anilines is 1. The van der Waals surface area contributed by atoms with Crippen LogP contribution in [-0.4, -0.2) is 44.1 Å². The van der Waals surface area contributed by atoms with Crippen molar-refractivity contribution >= 4 is 17.8 Å². The number of nitrogens with zero attached hydrogens (tertiary/aromatic N) is 1. The molecular formula is C18H21N3O4. The molecule has 7 heteroatoms. The van der Waals surface area contributed by atoms with Crippen molar-refractivity contribution in [2.24, 2.45) is 5.10 Å². The molecule has 0 radical (unpaired) electrons. The quantitative estimate of drug-likeness (QED) is 0.366. The number of amides is 1. The fraction of sp³-hybridized carbons (Fsp3) is 0.222. The van der Waals surface area contributed by atoms with Gasteiger partial charge < -0.3 is 25.3 Å². The molecule has 0 aliphatic rings. The number of aliphatic hydroxyl groups excluding tert-OH is 1. The van der Waals surface area contributed by atoms with Gasteiger partial charge in [0.25, 0.3) is 5.91 Å². The van der Waals surface area contributed by atoms with Crippen LogP contribution in [-0.2, 0) is 4.79 Å². The maximum atomic E-state index is 11.9. The summed E-state index contributed by atoms with van der Waals surface area (Å²) in [5.41, 5.74) is 4.20. The smallest absolute Gasteiger partial charge is 0.262 e. The number of methoxy groups -OCH3 is 1. The third kappa shape index (κ3) is 6.15. The van der Waals surface area contributed by atoms with Crippen LogP contribution < -0.4 is 20.2 Å². The summed E-state index contributed by atoms with van der Waals surface area (Å²) in [5.74, 6) is 0.705. The second kappa shape index (κ2) is 9.94. The zero-order chi connectivity index (χ0) is 17.9. The van der Waals surface area contributed by atoms with Gasteiger partial charge in [0, 0.05) is 5.69 Å². The summed E-state index contributed by atoms with van der Waals surface area (Å²) in [6, 6.07) is 14.4. The summed E-state index contributed by atoms with van der Waals surface area (Å²) in [6.45, 7) is 0.264. The maximum absolute atomic E-state index is 11.9. The lowest BCUT2D eigenvalue weighted by Gasteiger charge is -2.11. The number of carbonyl (C=O) groups excluding carboxylic acids is 1. The number of para-hydroxylation sites is 1. The lowest BCUT2D eigenvalue weighted by atomic mass is 10.2. The van der Waals surface area contributed by atoms with E-state index < -0.39 is 0 Å². The van der Waals surface area contributed by atoms with Gasteiger partial charge >= 0.3 is 0 Å². The van der Waals surface area contributed by atoms with Crippen molar-refractivity contribution in [3.8, 4) is 11.5 Å². The van der Waals surface area contributed by atoms with E-state index in [1.54, 1.807) is 36.5 Å². The molecule has 0 aliphatic heterocycles. The van der Waals surface area contributed by atoms with Crippen LogP contribution in [0.2, 0.25) is 0 Å². The minimum atomic E-state index is -0.257. The van der Waals surface area contributed by atoms with E-state index in [2.05, 4.69) is 15.8 Å². The fourth-order valence-electron chi connectivity index (χ4n) is 1.98. The third-order valence-electron chi connectivity index (χ3n) is 3.13. The average molecular weight is 343 g/mol. The third-order valence-corrected chi connectivity index (χ3v) is 3.13. The predicted molar refractivity (Wildman–Crippen MR) is 96.2 cm³/mol. The summed E-state index contributed by atoms with van der Waals surface area (Å²) >= 11 is 0. The second-order valence-corrected chi connectivity index (χ2v) is 5.00. The Balaban J connectivity index is 1.92. The standard InChI is InChI=1S/C18H21N3O4/c1-24-17-11-14(12-20-19-9-10-22)7-8-16(17)25-13-18(23)21-15-5-3-2-4-6-15/h2-8,11-12,19,22H,9-10,13H2,1H3,(H,21,23). The van der Waals surface area contributed by atoms with E-state index in [-0.39, 0.29) is 19.1 Å². The van der Waals surface area contributed by atoms with Crippen LogP contribution in [0.3, 0.4) is 0 Å². The zero-order valence-corrected chi connectivity index (χ0v) is 13.9. The molecule has 0 heterocycles. The molecule has 3 N–H and O–H groups in total. The van der Waals surface area contributed by atoms with Gasteiger partial charge in [-0.15, -0.1) is 0 Å². The SMILES string of the molecule is COc1cc(C=NNCCO)ccc1OCC(=O)Nc1ccccc1. The molecule has 0 saturated heterocycles. The molecule has 0 bridgehead atoms. The number of benzene rings is 2. The molecule has 0 saturated carbocycles. The van der Waals surface area contributed by atoms with Crippen molar-refractivity contribution in [2.45, 2.75) is 0 Å². The van der Waals surface area contributed by atoms with E-state index in [9.17, 15) is 4.79 Å². The Kier molecular flexibility index (Phi) is 7.27. The van der Waals surface area contributed by atoms with Crippen molar-refractivity contribution < 1.29 is 19.4 Å². The Labute approximate surface area is 146 Å². The topological polar surface area (TPSA) is 92.2 Å². The van der Waals surface area contributed by atoms with Crippen molar-refractivity contribution in [2.75, 3.05) is 32.2 Å². The van der Waals surface area contributed by atoms with Gasteiger partial charge in [-0.3, -0.25) is 4.79 Å². The van der Waals surface area contributed by atoms with Crippen LogP contribution in [0, 0.1) is 0 Å². The van der Waals surface area contributed by atoms with Crippen LogP contribution in [0.25, 0.3) is 0 Å². The summed E-state index contributed by atoms with van der Waals surface area (Å²) < 4.78 is 10.8. The molecule has 2 aromatic carbocycles. The van der Waals surface area contributed by atoms with Gasteiger partial charge in [0.05, 0.1) is 26.5 Å². The number of hydrogen-bond donors (Lipinski definition) is 3. The van der Waals surface area contributed by atoms with Gasteiger partial charge in [-0.25, -0.2) is 0 Å². The van der Waals surface area contributed by atoms with Gasteiger partial charge in [0.2, 0.25) is 0 Å². The maximum Gasteiger partial charge on any atom is 0.262 e. The molecule has 0 fully saturated rings. The summed E-state index contributed by atoms with van der Waals surface area (Å²) in [5, 5.41) is 15.4. The van der Waals surface area contributed by atoms with Crippen LogP contribution in [0.15, 0.2) is 53.6 Å². The summed E-state index contributed by atoms with van der Waals surface area (Å²) in [4.78, 5) is 11.9. The normalized spacial score (nSPS) is 10.5. The Morgan fingerprint density at radius 1 is 1.20 bits per heavy atom. The number of nitrogens with one attached hydrogen (secondary N) is 2. The van der Waals surface area contributed by atoms with Gasteiger partial charge in [0.1, 0.15) is 0 Å². The fourth-order valence-corrected chi connectivity index (χ4v) is 1.98. The molecule has 0 aliphatic carbocycles. The first-order valence-corrected chi connectivity index (χ1v) is 7.75. The number of aliphatic hydroxyl groups is 1. The molecule has 7 nitrogen and oxygen atoms in total. The largest absolute Gasteiger partial charge is 0.493 e. The van der Waals surface area contributed by atoms with E-state index in [4.69, 9.17) is 14.6 Å². The molecule has 0 spiro atoms. The Hall–Kier alpha value is -3.06. The number of rotatable bonds is 9. The highest BCUT2D eigenvalue weighted by atomic mass is 16.5. The summed E-state index contributed by atoms with van der Waals surface area (Å²) in [7, 11) is 1.52. The second-order valence-electron chi connectivity index (χ2n) is 5.00. The average Bonchev–Trinajstić information content (AvgIpc) is 2.64. The first-order chi connectivity index (χ1) is 12.2. The molecule has 0 unspecified atom stereocenters. The van der Waals surface area contributed by atoms with Crippen LogP contribution in [0.5, 0.6) is 11.5 Å². The molecule has 2 aromatic rings. The summed E-state index contributed by atoms with van der Waals surface area (Å²) in [6.07, 6.45) is 1.60. The predicted octanol–water partition coefficient (Wildman–Crippen LogP) is 1.63. The van der Waals surface area contributed by atoms with Crippen molar-refractivity contribution in [3.63, 3.8) is 0 Å². The number of hydrogen-bond acceptors (Lipinski definition) is 6. The molecule has 2 rings (SSSR count). The van der Waals surface area contributed by atoms with Crippen LogP contribution in [0.1, 0.15) is 5.56 Å². The lowest BCUT2D eigenvalue weighted by molar-refractivity contribution is -0.118. The number of ether oxygens (including phenoxy) is 2. The highest BCUT2D eigenvalue weighted by molar-refractivity contribution is 5.91. The molecule has 132 valence electrons. The Morgan fingerprint density at radius 2 is 2.00 bits per heavy atom. The Bertz CT molecular complexity index is 705.